The number of hydrogen-bond donors (Lipinski definition) is 1. The minimum Gasteiger partial charge on any atom is -0.341 e. The van der Waals surface area contributed by atoms with E-state index in [1.165, 1.54) is 6.42 Å². The van der Waals surface area contributed by atoms with Crippen molar-refractivity contribution in [1.82, 2.24) is 9.80 Å². The maximum Gasteiger partial charge on any atom is 0.239 e. The Morgan fingerprint density at radius 2 is 1.89 bits per heavy atom. The summed E-state index contributed by atoms with van der Waals surface area (Å²) in [4.78, 5) is 16.6. The number of rotatable bonds is 4. The van der Waals surface area contributed by atoms with Crippen LogP contribution in [0.25, 0.3) is 0 Å². The monoisotopic (exact) mass is 253 g/mol. The van der Waals surface area contributed by atoms with Crippen molar-refractivity contribution in [3.8, 4) is 0 Å². The number of hydrogen-bond acceptors (Lipinski definition) is 3. The maximum absolute atomic E-state index is 12.3. The molecule has 0 aromatic heterocycles. The Morgan fingerprint density at radius 1 is 1.28 bits per heavy atom. The smallest absolute Gasteiger partial charge is 0.239 e. The Balaban J connectivity index is 1.81. The van der Waals surface area contributed by atoms with Crippen molar-refractivity contribution < 1.29 is 4.79 Å². The fourth-order valence-corrected chi connectivity index (χ4v) is 3.23. The van der Waals surface area contributed by atoms with Gasteiger partial charge in [0, 0.05) is 31.7 Å². The van der Waals surface area contributed by atoms with Crippen LogP contribution in [0.15, 0.2) is 0 Å². The van der Waals surface area contributed by atoms with E-state index in [1.807, 2.05) is 11.8 Å². The summed E-state index contributed by atoms with van der Waals surface area (Å²) in [6, 6.07) is 0.0108. The molecule has 2 rings (SSSR count). The second kappa shape index (κ2) is 5.57. The highest BCUT2D eigenvalue weighted by Crippen LogP contribution is 2.26. The van der Waals surface area contributed by atoms with Crippen LogP contribution in [0, 0.1) is 0 Å². The molecule has 0 aromatic rings. The predicted molar refractivity (Wildman–Crippen MR) is 73.3 cm³/mol. The summed E-state index contributed by atoms with van der Waals surface area (Å²) in [5.41, 5.74) is 6.22. The van der Waals surface area contributed by atoms with Gasteiger partial charge < -0.3 is 10.6 Å². The molecular formula is C14H27N3O. The van der Waals surface area contributed by atoms with Crippen LogP contribution in [-0.4, -0.2) is 53.5 Å². The van der Waals surface area contributed by atoms with E-state index in [4.69, 9.17) is 5.73 Å². The van der Waals surface area contributed by atoms with Gasteiger partial charge in [0.15, 0.2) is 0 Å². The Bertz CT molecular complexity index is 293. The van der Waals surface area contributed by atoms with Gasteiger partial charge in [0.25, 0.3) is 0 Å². The molecule has 1 amide bonds. The van der Waals surface area contributed by atoms with Crippen molar-refractivity contribution >= 4 is 5.91 Å². The van der Waals surface area contributed by atoms with E-state index in [0.717, 1.165) is 51.9 Å². The number of piperidine rings is 1. The number of carbonyl (C=O) groups is 1. The SMILES string of the molecule is CCCC1(N)CN(C(C)C(=O)N2CCCCC2)C1. The van der Waals surface area contributed by atoms with Crippen LogP contribution in [-0.2, 0) is 4.79 Å². The Hall–Kier alpha value is -0.610. The maximum atomic E-state index is 12.3. The summed E-state index contributed by atoms with van der Waals surface area (Å²) >= 11 is 0. The van der Waals surface area contributed by atoms with Gasteiger partial charge in [0.05, 0.1) is 6.04 Å². The fourth-order valence-electron chi connectivity index (χ4n) is 3.23. The molecule has 4 heteroatoms. The zero-order valence-electron chi connectivity index (χ0n) is 11.8. The van der Waals surface area contributed by atoms with Crippen LogP contribution >= 0.6 is 0 Å². The third kappa shape index (κ3) is 2.86. The van der Waals surface area contributed by atoms with Crippen LogP contribution in [0.1, 0.15) is 46.0 Å². The fraction of sp³-hybridized carbons (Fsp3) is 0.929. The van der Waals surface area contributed by atoms with Gasteiger partial charge in [-0.2, -0.15) is 0 Å². The number of likely N-dealkylation sites (tertiary alicyclic amines) is 2. The standard InChI is InChI=1S/C14H27N3O/c1-3-7-14(15)10-17(11-14)12(2)13(18)16-8-5-4-6-9-16/h12H,3-11,15H2,1-2H3. The van der Waals surface area contributed by atoms with Crippen molar-refractivity contribution in [2.45, 2.75) is 57.5 Å². The molecular weight excluding hydrogens is 226 g/mol. The van der Waals surface area contributed by atoms with Crippen LogP contribution in [0.4, 0.5) is 0 Å². The van der Waals surface area contributed by atoms with Crippen molar-refractivity contribution in [3.05, 3.63) is 0 Å². The third-order valence-corrected chi connectivity index (χ3v) is 4.36. The van der Waals surface area contributed by atoms with Crippen LogP contribution in [0.2, 0.25) is 0 Å². The number of carbonyl (C=O) groups excluding carboxylic acids is 1. The van der Waals surface area contributed by atoms with E-state index in [2.05, 4.69) is 11.8 Å². The van der Waals surface area contributed by atoms with Gasteiger partial charge in [-0.05, 0) is 32.6 Å². The highest BCUT2D eigenvalue weighted by atomic mass is 16.2. The van der Waals surface area contributed by atoms with E-state index >= 15 is 0 Å². The van der Waals surface area contributed by atoms with Crippen LogP contribution in [0.5, 0.6) is 0 Å². The number of amides is 1. The van der Waals surface area contributed by atoms with Gasteiger partial charge >= 0.3 is 0 Å². The van der Waals surface area contributed by atoms with E-state index in [9.17, 15) is 4.79 Å². The van der Waals surface area contributed by atoms with Crippen molar-refractivity contribution in [3.63, 3.8) is 0 Å². The van der Waals surface area contributed by atoms with E-state index in [0.29, 0.717) is 5.91 Å². The molecule has 1 unspecified atom stereocenters. The number of nitrogens with two attached hydrogens (primary N) is 1. The Morgan fingerprint density at radius 3 is 2.44 bits per heavy atom. The van der Waals surface area contributed by atoms with Gasteiger partial charge in [0.1, 0.15) is 0 Å². The second-order valence-corrected chi connectivity index (χ2v) is 6.08. The Labute approximate surface area is 110 Å². The molecule has 1 atom stereocenters. The van der Waals surface area contributed by atoms with Crippen molar-refractivity contribution in [2.24, 2.45) is 5.73 Å². The average molecular weight is 253 g/mol. The first-order valence-electron chi connectivity index (χ1n) is 7.37. The van der Waals surface area contributed by atoms with E-state index < -0.39 is 0 Å². The number of nitrogens with zero attached hydrogens (tertiary/aromatic N) is 2. The first-order chi connectivity index (χ1) is 8.56. The lowest BCUT2D eigenvalue weighted by molar-refractivity contribution is -0.140. The first-order valence-corrected chi connectivity index (χ1v) is 7.37. The largest absolute Gasteiger partial charge is 0.341 e. The van der Waals surface area contributed by atoms with Crippen molar-refractivity contribution in [2.75, 3.05) is 26.2 Å². The summed E-state index contributed by atoms with van der Waals surface area (Å²) < 4.78 is 0. The minimum absolute atomic E-state index is 0.0108. The van der Waals surface area contributed by atoms with Crippen LogP contribution < -0.4 is 5.73 Å². The molecule has 4 nitrogen and oxygen atoms in total. The predicted octanol–water partition coefficient (Wildman–Crippen LogP) is 1.20. The normalized spacial score (nSPS) is 25.6. The molecule has 104 valence electrons. The van der Waals surface area contributed by atoms with Gasteiger partial charge in [0.2, 0.25) is 5.91 Å². The highest BCUT2D eigenvalue weighted by Gasteiger charge is 2.43. The zero-order valence-corrected chi connectivity index (χ0v) is 11.8. The van der Waals surface area contributed by atoms with E-state index in [1.54, 1.807) is 0 Å². The minimum atomic E-state index is -0.0365. The summed E-state index contributed by atoms with van der Waals surface area (Å²) in [6.45, 7) is 7.84. The van der Waals surface area contributed by atoms with Crippen molar-refractivity contribution in [1.29, 1.82) is 0 Å². The third-order valence-electron chi connectivity index (χ3n) is 4.36. The lowest BCUT2D eigenvalue weighted by Crippen LogP contribution is -2.70. The second-order valence-electron chi connectivity index (χ2n) is 6.08. The van der Waals surface area contributed by atoms with Gasteiger partial charge in [-0.15, -0.1) is 0 Å². The molecule has 2 fully saturated rings. The summed E-state index contributed by atoms with van der Waals surface area (Å²) in [7, 11) is 0. The molecule has 0 bridgehead atoms. The molecule has 2 saturated heterocycles. The molecule has 18 heavy (non-hydrogen) atoms. The molecule has 2 heterocycles. The van der Waals surface area contributed by atoms with Crippen LogP contribution in [0.3, 0.4) is 0 Å². The van der Waals surface area contributed by atoms with Gasteiger partial charge in [-0.1, -0.05) is 13.3 Å². The molecule has 2 N–H and O–H groups in total. The molecule has 0 saturated carbocycles. The lowest BCUT2D eigenvalue weighted by atomic mass is 9.85. The topological polar surface area (TPSA) is 49.6 Å². The lowest BCUT2D eigenvalue weighted by Gasteiger charge is -2.50. The zero-order chi connectivity index (χ0) is 13.2. The molecule has 0 aromatic carbocycles. The van der Waals surface area contributed by atoms with Gasteiger partial charge in [-0.25, -0.2) is 0 Å². The first kappa shape index (κ1) is 13.8. The molecule has 0 aliphatic carbocycles. The molecule has 0 spiro atoms. The molecule has 2 aliphatic heterocycles. The summed E-state index contributed by atoms with van der Waals surface area (Å²) in [5.74, 6) is 0.299. The van der Waals surface area contributed by atoms with E-state index in [-0.39, 0.29) is 11.6 Å². The molecule has 0 radical (unpaired) electrons. The highest BCUT2D eigenvalue weighted by molar-refractivity contribution is 5.81. The summed E-state index contributed by atoms with van der Waals surface area (Å²) in [6.07, 6.45) is 5.78. The molecule has 2 aliphatic rings. The van der Waals surface area contributed by atoms with Gasteiger partial charge in [-0.3, -0.25) is 9.69 Å². The quantitative estimate of drug-likeness (QED) is 0.819. The Kier molecular flexibility index (Phi) is 4.28. The summed E-state index contributed by atoms with van der Waals surface area (Å²) in [5, 5.41) is 0. The average Bonchev–Trinajstić information content (AvgIpc) is 2.35.